The molecule has 2 unspecified atom stereocenters. The van der Waals surface area contributed by atoms with Crippen LogP contribution in [0.1, 0.15) is 26.2 Å². The van der Waals surface area contributed by atoms with Crippen molar-refractivity contribution in [1.82, 2.24) is 14.7 Å². The number of piperazine rings is 1. The fraction of sp³-hybridized carbons (Fsp3) is 0.929. The van der Waals surface area contributed by atoms with Gasteiger partial charge in [0.25, 0.3) is 0 Å². The molecule has 19 heavy (non-hydrogen) atoms. The van der Waals surface area contributed by atoms with Crippen LogP contribution in [-0.4, -0.2) is 84.2 Å². The van der Waals surface area contributed by atoms with Gasteiger partial charge in [0, 0.05) is 32.2 Å². The van der Waals surface area contributed by atoms with E-state index in [1.165, 1.54) is 0 Å². The normalized spacial score (nSPS) is 27.7. The lowest BCUT2D eigenvalue weighted by Gasteiger charge is -2.34. The van der Waals surface area contributed by atoms with Gasteiger partial charge in [-0.2, -0.15) is 0 Å². The molecule has 0 aromatic heterocycles. The van der Waals surface area contributed by atoms with Gasteiger partial charge in [-0.3, -0.25) is 9.69 Å². The summed E-state index contributed by atoms with van der Waals surface area (Å²) in [5.74, 6) is 0.255. The third kappa shape index (κ3) is 4.16. The predicted molar refractivity (Wildman–Crippen MR) is 75.0 cm³/mol. The minimum Gasteiger partial charge on any atom is -0.393 e. The molecule has 2 fully saturated rings. The van der Waals surface area contributed by atoms with E-state index < -0.39 is 0 Å². The molecule has 2 saturated heterocycles. The summed E-state index contributed by atoms with van der Waals surface area (Å²) < 4.78 is 0. The van der Waals surface area contributed by atoms with Gasteiger partial charge in [0.2, 0.25) is 5.91 Å². The van der Waals surface area contributed by atoms with Crippen molar-refractivity contribution in [3.8, 4) is 0 Å². The Balaban J connectivity index is 1.81. The van der Waals surface area contributed by atoms with E-state index in [2.05, 4.69) is 16.8 Å². The summed E-state index contributed by atoms with van der Waals surface area (Å²) in [6, 6.07) is 0.386. The Bertz CT molecular complexity index is 301. The van der Waals surface area contributed by atoms with E-state index >= 15 is 0 Å². The van der Waals surface area contributed by atoms with Crippen molar-refractivity contribution in [3.05, 3.63) is 0 Å². The number of aliphatic hydroxyl groups excluding tert-OH is 1. The van der Waals surface area contributed by atoms with E-state index in [0.717, 1.165) is 52.0 Å². The zero-order chi connectivity index (χ0) is 13.8. The summed E-state index contributed by atoms with van der Waals surface area (Å²) in [7, 11) is 2.10. The van der Waals surface area contributed by atoms with Crippen molar-refractivity contribution in [2.24, 2.45) is 0 Å². The number of carbonyl (C=O) groups is 1. The molecule has 0 spiro atoms. The predicted octanol–water partition coefficient (Wildman–Crippen LogP) is -0.00430. The summed E-state index contributed by atoms with van der Waals surface area (Å²) in [5.41, 5.74) is 0. The Kier molecular flexibility index (Phi) is 5.19. The SMILES string of the molecule is CC(O)CC1CCCN1CC(=O)N1CCN(C)CC1. The first-order chi connectivity index (χ1) is 9.06. The quantitative estimate of drug-likeness (QED) is 0.780. The van der Waals surface area contributed by atoms with Gasteiger partial charge in [0.1, 0.15) is 0 Å². The van der Waals surface area contributed by atoms with Crippen molar-refractivity contribution in [3.63, 3.8) is 0 Å². The molecular weight excluding hydrogens is 242 g/mol. The van der Waals surface area contributed by atoms with E-state index in [1.807, 2.05) is 11.8 Å². The number of nitrogens with zero attached hydrogens (tertiary/aromatic N) is 3. The molecule has 5 heteroatoms. The van der Waals surface area contributed by atoms with E-state index in [4.69, 9.17) is 0 Å². The molecule has 2 aliphatic rings. The molecule has 2 rings (SSSR count). The standard InChI is InChI=1S/C14H27N3O2/c1-12(18)10-13-4-3-5-17(13)11-14(19)16-8-6-15(2)7-9-16/h12-13,18H,3-11H2,1-2H3. The Hall–Kier alpha value is -0.650. The van der Waals surface area contributed by atoms with Crippen LogP contribution in [0.4, 0.5) is 0 Å². The van der Waals surface area contributed by atoms with Crippen molar-refractivity contribution in [2.75, 3.05) is 46.3 Å². The highest BCUT2D eigenvalue weighted by molar-refractivity contribution is 5.78. The van der Waals surface area contributed by atoms with E-state index in [-0.39, 0.29) is 12.0 Å². The molecule has 0 aliphatic carbocycles. The first kappa shape index (κ1) is 14.8. The minimum absolute atomic E-state index is 0.255. The lowest BCUT2D eigenvalue weighted by atomic mass is 10.1. The molecule has 2 aliphatic heterocycles. The topological polar surface area (TPSA) is 47.0 Å². The molecule has 0 radical (unpaired) electrons. The number of hydrogen-bond acceptors (Lipinski definition) is 4. The van der Waals surface area contributed by atoms with Crippen LogP contribution in [0.5, 0.6) is 0 Å². The number of likely N-dealkylation sites (N-methyl/N-ethyl adjacent to an activating group) is 1. The van der Waals surface area contributed by atoms with Crippen molar-refractivity contribution in [2.45, 2.75) is 38.3 Å². The third-order valence-corrected chi connectivity index (χ3v) is 4.31. The monoisotopic (exact) mass is 269 g/mol. The van der Waals surface area contributed by atoms with Gasteiger partial charge >= 0.3 is 0 Å². The van der Waals surface area contributed by atoms with Gasteiger partial charge in [-0.05, 0) is 39.8 Å². The molecule has 0 bridgehead atoms. The fourth-order valence-corrected chi connectivity index (χ4v) is 3.09. The highest BCUT2D eigenvalue weighted by atomic mass is 16.3. The second kappa shape index (κ2) is 6.68. The van der Waals surface area contributed by atoms with Gasteiger partial charge < -0.3 is 14.9 Å². The summed E-state index contributed by atoms with van der Waals surface area (Å²) in [6.07, 6.45) is 2.77. The first-order valence-corrected chi connectivity index (χ1v) is 7.44. The van der Waals surface area contributed by atoms with Crippen molar-refractivity contribution in [1.29, 1.82) is 0 Å². The maximum Gasteiger partial charge on any atom is 0.236 e. The van der Waals surface area contributed by atoms with Crippen LogP contribution >= 0.6 is 0 Å². The number of aliphatic hydroxyl groups is 1. The number of carbonyl (C=O) groups excluding carboxylic acids is 1. The zero-order valence-corrected chi connectivity index (χ0v) is 12.2. The summed E-state index contributed by atoms with van der Waals surface area (Å²) in [6.45, 7) is 7.01. The largest absolute Gasteiger partial charge is 0.393 e. The van der Waals surface area contributed by atoms with Gasteiger partial charge in [0.15, 0.2) is 0 Å². The van der Waals surface area contributed by atoms with Crippen LogP contribution in [0.2, 0.25) is 0 Å². The Morgan fingerprint density at radius 1 is 1.26 bits per heavy atom. The zero-order valence-electron chi connectivity index (χ0n) is 12.2. The van der Waals surface area contributed by atoms with Crippen LogP contribution in [0.15, 0.2) is 0 Å². The van der Waals surface area contributed by atoms with Crippen molar-refractivity contribution < 1.29 is 9.90 Å². The molecule has 0 saturated carbocycles. The Labute approximate surface area is 116 Å². The Morgan fingerprint density at radius 2 is 1.95 bits per heavy atom. The van der Waals surface area contributed by atoms with Gasteiger partial charge in [0.05, 0.1) is 12.6 Å². The van der Waals surface area contributed by atoms with Gasteiger partial charge in [-0.15, -0.1) is 0 Å². The van der Waals surface area contributed by atoms with Crippen LogP contribution in [-0.2, 0) is 4.79 Å². The lowest BCUT2D eigenvalue weighted by Crippen LogP contribution is -2.50. The van der Waals surface area contributed by atoms with Crippen molar-refractivity contribution >= 4 is 5.91 Å². The highest BCUT2D eigenvalue weighted by Crippen LogP contribution is 2.21. The molecule has 2 atom stereocenters. The van der Waals surface area contributed by atoms with E-state index in [9.17, 15) is 9.90 Å². The van der Waals surface area contributed by atoms with Crippen LogP contribution in [0.25, 0.3) is 0 Å². The fourth-order valence-electron chi connectivity index (χ4n) is 3.09. The molecule has 2 heterocycles. The number of amides is 1. The lowest BCUT2D eigenvalue weighted by molar-refractivity contribution is -0.134. The van der Waals surface area contributed by atoms with Gasteiger partial charge in [-0.25, -0.2) is 0 Å². The summed E-state index contributed by atoms with van der Waals surface area (Å²) in [5, 5.41) is 9.52. The average Bonchev–Trinajstić information content (AvgIpc) is 2.76. The average molecular weight is 269 g/mol. The number of hydrogen-bond donors (Lipinski definition) is 1. The molecule has 1 amide bonds. The second-order valence-electron chi connectivity index (χ2n) is 6.04. The molecule has 1 N–H and O–H groups in total. The first-order valence-electron chi connectivity index (χ1n) is 7.44. The molecular formula is C14H27N3O2. The third-order valence-electron chi connectivity index (χ3n) is 4.31. The summed E-state index contributed by atoms with van der Waals surface area (Å²) in [4.78, 5) is 18.8. The van der Waals surface area contributed by atoms with E-state index in [0.29, 0.717) is 12.6 Å². The molecule has 0 aromatic rings. The minimum atomic E-state index is -0.274. The van der Waals surface area contributed by atoms with Gasteiger partial charge in [-0.1, -0.05) is 0 Å². The van der Waals surface area contributed by atoms with E-state index in [1.54, 1.807) is 0 Å². The molecule has 0 aromatic carbocycles. The highest BCUT2D eigenvalue weighted by Gasteiger charge is 2.29. The smallest absolute Gasteiger partial charge is 0.236 e. The van der Waals surface area contributed by atoms with Crippen LogP contribution < -0.4 is 0 Å². The second-order valence-corrected chi connectivity index (χ2v) is 6.04. The summed E-state index contributed by atoms with van der Waals surface area (Å²) >= 11 is 0. The number of likely N-dealkylation sites (tertiary alicyclic amines) is 1. The molecule has 5 nitrogen and oxygen atoms in total. The number of rotatable bonds is 4. The Morgan fingerprint density at radius 3 is 2.58 bits per heavy atom. The maximum atomic E-state index is 12.3. The molecule has 110 valence electrons. The maximum absolute atomic E-state index is 12.3. The van der Waals surface area contributed by atoms with Crippen LogP contribution in [0, 0.1) is 0 Å². The van der Waals surface area contributed by atoms with Crippen LogP contribution in [0.3, 0.4) is 0 Å².